The van der Waals surface area contributed by atoms with Gasteiger partial charge >= 0.3 is 22.5 Å². The first-order chi connectivity index (χ1) is 15.6. The van der Waals surface area contributed by atoms with Gasteiger partial charge in [0.1, 0.15) is 0 Å². The minimum Gasteiger partial charge on any atom is -0.391 e. The lowest BCUT2D eigenvalue weighted by molar-refractivity contribution is -0.137. The summed E-state index contributed by atoms with van der Waals surface area (Å²) in [5.41, 5.74) is 0.210. The van der Waals surface area contributed by atoms with Crippen molar-refractivity contribution in [3.05, 3.63) is 59.8 Å². The molecule has 176 valence electrons. The molecule has 2 aliphatic rings. The van der Waals surface area contributed by atoms with Gasteiger partial charge in [-0.2, -0.15) is 25.9 Å². The number of amides is 1. The Labute approximate surface area is 188 Å². The Kier molecular flexibility index (Phi) is 6.30. The second kappa shape index (κ2) is 9.02. The monoisotopic (exact) mass is 482 g/mol. The molecule has 0 saturated heterocycles. The number of halogens is 3. The molecule has 12 heteroatoms. The largest absolute Gasteiger partial charge is 0.416 e. The first-order valence-corrected chi connectivity index (χ1v) is 11.6. The molecule has 2 heterocycles. The van der Waals surface area contributed by atoms with Gasteiger partial charge in [-0.05, 0) is 49.1 Å². The first-order valence-electron chi connectivity index (χ1n) is 10.2. The number of anilines is 1. The molecule has 2 N–H and O–H groups in total. The second-order valence-corrected chi connectivity index (χ2v) is 9.36. The number of carbonyl (C=O) groups is 1. The SMILES string of the molecule is O=C(NC1CC1)Oc1cccc(C2=CCN(S(=O)(=O)Nc3cccc(C(F)(F)F)c3)CC2)n1. The average Bonchev–Trinajstić information content (AvgIpc) is 3.57. The highest BCUT2D eigenvalue weighted by atomic mass is 32.2. The Hall–Kier alpha value is -3.12. The van der Waals surface area contributed by atoms with E-state index in [1.165, 1.54) is 6.07 Å². The van der Waals surface area contributed by atoms with Crippen LogP contribution in [0.25, 0.3) is 5.57 Å². The maximum atomic E-state index is 12.9. The standard InChI is InChI=1S/C21H21F3N4O4S/c22-21(23,24)15-3-1-4-17(13-15)27-33(30,31)28-11-9-14(10-12-28)18-5-2-6-19(26-18)32-20(29)25-16-7-8-16/h1-6,9,13,16,27H,7-8,10-12H2,(H,25,29). The van der Waals surface area contributed by atoms with Gasteiger partial charge in [-0.1, -0.05) is 18.2 Å². The van der Waals surface area contributed by atoms with Crippen molar-refractivity contribution in [2.24, 2.45) is 0 Å². The fourth-order valence-corrected chi connectivity index (χ4v) is 4.40. The molecule has 2 aromatic rings. The van der Waals surface area contributed by atoms with E-state index in [0.29, 0.717) is 12.1 Å². The van der Waals surface area contributed by atoms with Gasteiger partial charge in [0.2, 0.25) is 5.88 Å². The van der Waals surface area contributed by atoms with Gasteiger partial charge < -0.3 is 10.1 Å². The zero-order valence-electron chi connectivity index (χ0n) is 17.3. The van der Waals surface area contributed by atoms with Crippen molar-refractivity contribution in [1.82, 2.24) is 14.6 Å². The molecule has 0 bridgehead atoms. The number of ether oxygens (including phenoxy) is 1. The molecule has 1 aliphatic carbocycles. The van der Waals surface area contributed by atoms with Crippen LogP contribution in [0.3, 0.4) is 0 Å². The van der Waals surface area contributed by atoms with E-state index < -0.39 is 28.0 Å². The summed E-state index contributed by atoms with van der Waals surface area (Å²) in [6.07, 6.45) is -1.29. The summed E-state index contributed by atoms with van der Waals surface area (Å²) in [5, 5.41) is 2.70. The van der Waals surface area contributed by atoms with Crippen molar-refractivity contribution in [2.75, 3.05) is 17.8 Å². The number of aromatic nitrogens is 1. The minimum absolute atomic E-state index is 0.0125. The lowest BCUT2D eigenvalue weighted by Gasteiger charge is -2.26. The van der Waals surface area contributed by atoms with Gasteiger partial charge in [0.25, 0.3) is 0 Å². The topological polar surface area (TPSA) is 101 Å². The van der Waals surface area contributed by atoms with Crippen molar-refractivity contribution >= 4 is 27.6 Å². The molecular formula is C21H21F3N4O4S. The highest BCUT2D eigenvalue weighted by molar-refractivity contribution is 7.90. The predicted molar refractivity (Wildman–Crippen MR) is 115 cm³/mol. The quantitative estimate of drug-likeness (QED) is 0.653. The number of nitrogens with zero attached hydrogens (tertiary/aromatic N) is 2. The van der Waals surface area contributed by atoms with Crippen LogP contribution in [0.1, 0.15) is 30.5 Å². The smallest absolute Gasteiger partial charge is 0.391 e. The Balaban J connectivity index is 1.41. The van der Waals surface area contributed by atoms with E-state index in [2.05, 4.69) is 15.0 Å². The van der Waals surface area contributed by atoms with E-state index >= 15 is 0 Å². The van der Waals surface area contributed by atoms with Gasteiger partial charge in [0, 0.05) is 25.2 Å². The molecule has 33 heavy (non-hydrogen) atoms. The summed E-state index contributed by atoms with van der Waals surface area (Å²) in [4.78, 5) is 16.1. The van der Waals surface area contributed by atoms with E-state index in [9.17, 15) is 26.4 Å². The molecule has 0 spiro atoms. The maximum absolute atomic E-state index is 12.9. The number of rotatable bonds is 6. The van der Waals surface area contributed by atoms with E-state index in [0.717, 1.165) is 40.9 Å². The van der Waals surface area contributed by atoms with Crippen LogP contribution in [0, 0.1) is 0 Å². The summed E-state index contributed by atoms with van der Waals surface area (Å²) in [5.74, 6) is 0.132. The lowest BCUT2D eigenvalue weighted by atomic mass is 10.1. The van der Waals surface area contributed by atoms with E-state index in [1.807, 2.05) is 0 Å². The van der Waals surface area contributed by atoms with Crippen LogP contribution in [0.15, 0.2) is 48.5 Å². The van der Waals surface area contributed by atoms with E-state index in [-0.39, 0.29) is 30.7 Å². The molecule has 1 aromatic heterocycles. The molecule has 4 rings (SSSR count). The number of hydrogen-bond donors (Lipinski definition) is 2. The normalized spacial score (nSPS) is 17.2. The van der Waals surface area contributed by atoms with Crippen LogP contribution in [0.4, 0.5) is 23.7 Å². The summed E-state index contributed by atoms with van der Waals surface area (Å²) in [7, 11) is -4.06. The average molecular weight is 482 g/mol. The zero-order valence-corrected chi connectivity index (χ0v) is 18.1. The molecule has 1 saturated carbocycles. The molecular weight excluding hydrogens is 461 g/mol. The number of alkyl halides is 3. The number of nitrogens with one attached hydrogen (secondary N) is 2. The first kappa shape index (κ1) is 23.1. The van der Waals surface area contributed by atoms with Gasteiger partial charge in [0.05, 0.1) is 16.9 Å². The van der Waals surface area contributed by atoms with Crippen LogP contribution < -0.4 is 14.8 Å². The van der Waals surface area contributed by atoms with Crippen LogP contribution in [-0.2, 0) is 16.4 Å². The number of pyridine rings is 1. The Morgan fingerprint density at radius 1 is 1.15 bits per heavy atom. The number of hydrogen-bond acceptors (Lipinski definition) is 5. The fraction of sp³-hybridized carbons (Fsp3) is 0.333. The van der Waals surface area contributed by atoms with Crippen molar-refractivity contribution in [2.45, 2.75) is 31.5 Å². The van der Waals surface area contributed by atoms with Crippen molar-refractivity contribution in [3.8, 4) is 5.88 Å². The summed E-state index contributed by atoms with van der Waals surface area (Å²) >= 11 is 0. The van der Waals surface area contributed by atoms with Crippen LogP contribution in [-0.4, -0.2) is 42.9 Å². The van der Waals surface area contributed by atoms with Crippen molar-refractivity contribution < 1.29 is 31.1 Å². The second-order valence-electron chi connectivity index (χ2n) is 7.69. The Bertz CT molecular complexity index is 1180. The van der Waals surface area contributed by atoms with E-state index in [1.54, 1.807) is 24.3 Å². The molecule has 1 amide bonds. The summed E-state index contributed by atoms with van der Waals surface area (Å²) in [6.45, 7) is 0.119. The minimum atomic E-state index is -4.58. The van der Waals surface area contributed by atoms with Gasteiger partial charge in [-0.15, -0.1) is 0 Å². The molecule has 0 atom stereocenters. The molecule has 8 nitrogen and oxygen atoms in total. The third kappa shape index (κ3) is 6.02. The Morgan fingerprint density at radius 2 is 1.91 bits per heavy atom. The van der Waals surface area contributed by atoms with Crippen molar-refractivity contribution in [3.63, 3.8) is 0 Å². The van der Waals surface area contributed by atoms with Gasteiger partial charge in [-0.25, -0.2) is 9.78 Å². The molecule has 0 unspecified atom stereocenters. The third-order valence-electron chi connectivity index (χ3n) is 5.10. The van der Waals surface area contributed by atoms with Crippen LogP contribution >= 0.6 is 0 Å². The molecule has 1 aliphatic heterocycles. The molecule has 1 fully saturated rings. The number of carbonyl (C=O) groups excluding carboxylic acids is 1. The fourth-order valence-electron chi connectivity index (χ4n) is 3.24. The highest BCUT2D eigenvalue weighted by Crippen LogP contribution is 2.31. The predicted octanol–water partition coefficient (Wildman–Crippen LogP) is 3.80. The lowest BCUT2D eigenvalue weighted by Crippen LogP contribution is -2.38. The van der Waals surface area contributed by atoms with Crippen LogP contribution in [0.2, 0.25) is 0 Å². The zero-order chi connectivity index (χ0) is 23.6. The Morgan fingerprint density at radius 3 is 2.58 bits per heavy atom. The number of benzene rings is 1. The van der Waals surface area contributed by atoms with E-state index in [4.69, 9.17) is 4.74 Å². The van der Waals surface area contributed by atoms with Gasteiger partial charge in [0.15, 0.2) is 0 Å². The summed E-state index contributed by atoms with van der Waals surface area (Å²) in [6, 6.07) is 9.12. The summed E-state index contributed by atoms with van der Waals surface area (Å²) < 4.78 is 72.5. The molecule has 1 aromatic carbocycles. The van der Waals surface area contributed by atoms with Crippen LogP contribution in [0.5, 0.6) is 5.88 Å². The third-order valence-corrected chi connectivity index (χ3v) is 6.60. The van der Waals surface area contributed by atoms with Crippen molar-refractivity contribution in [1.29, 1.82) is 0 Å². The molecule has 0 radical (unpaired) electrons. The maximum Gasteiger partial charge on any atom is 0.416 e. The highest BCUT2D eigenvalue weighted by Gasteiger charge is 2.31. The van der Waals surface area contributed by atoms with Gasteiger partial charge in [-0.3, -0.25) is 4.72 Å².